The predicted molar refractivity (Wildman–Crippen MR) is 46.9 cm³/mol. The molecule has 13 heavy (non-hydrogen) atoms. The first-order chi connectivity index (χ1) is 6.07. The Kier molecular flexibility index (Phi) is 1.94. The number of rotatable bonds is 1. The predicted octanol–water partition coefficient (Wildman–Crippen LogP) is 1.69. The largest absolute Gasteiger partial charge is 0.343 e. The maximum absolute atomic E-state index is 12.5. The lowest BCUT2D eigenvalue weighted by molar-refractivity contribution is -0.0267. The number of hydrogen-bond donors (Lipinski definition) is 0. The molecule has 0 spiro atoms. The van der Waals surface area contributed by atoms with Gasteiger partial charge in [0.05, 0.1) is 25.5 Å². The highest BCUT2D eigenvalue weighted by Gasteiger charge is 2.44. The summed E-state index contributed by atoms with van der Waals surface area (Å²) in [5.41, 5.74) is 0. The summed E-state index contributed by atoms with van der Waals surface area (Å²) in [7, 11) is 0. The van der Waals surface area contributed by atoms with E-state index in [2.05, 4.69) is 25.9 Å². The fourth-order valence-electron chi connectivity index (χ4n) is 1.16. The van der Waals surface area contributed by atoms with E-state index < -0.39 is 5.92 Å². The standard InChI is InChI=1S/C7H6BrF2N3/c8-5-1-11-2-6(12-5)13-3-7(9,10)4-13/h1-2H,3-4H2. The van der Waals surface area contributed by atoms with Crippen LogP contribution in [0.5, 0.6) is 0 Å². The number of anilines is 1. The summed E-state index contributed by atoms with van der Waals surface area (Å²) in [5, 5.41) is 0. The lowest BCUT2D eigenvalue weighted by atomic mass is 10.1. The Bertz CT molecular complexity index is 323. The molecule has 1 aliphatic heterocycles. The highest BCUT2D eigenvalue weighted by atomic mass is 79.9. The van der Waals surface area contributed by atoms with Crippen LogP contribution in [0.4, 0.5) is 14.6 Å². The fourth-order valence-corrected chi connectivity index (χ4v) is 1.46. The van der Waals surface area contributed by atoms with Crippen LogP contribution in [0.15, 0.2) is 17.0 Å². The van der Waals surface area contributed by atoms with Crippen LogP contribution in [0.2, 0.25) is 0 Å². The first-order valence-corrected chi connectivity index (χ1v) is 4.46. The highest BCUT2D eigenvalue weighted by Crippen LogP contribution is 2.30. The summed E-state index contributed by atoms with van der Waals surface area (Å²) < 4.78 is 25.5. The molecular weight excluding hydrogens is 244 g/mol. The van der Waals surface area contributed by atoms with E-state index in [1.54, 1.807) is 0 Å². The van der Waals surface area contributed by atoms with Crippen LogP contribution in [0, 0.1) is 0 Å². The quantitative estimate of drug-likeness (QED) is 0.759. The SMILES string of the molecule is FC1(F)CN(c2cncc(Br)n2)C1. The maximum Gasteiger partial charge on any atom is 0.282 e. The van der Waals surface area contributed by atoms with Crippen molar-refractivity contribution in [3.05, 3.63) is 17.0 Å². The molecule has 0 aliphatic carbocycles. The molecule has 0 radical (unpaired) electrons. The van der Waals surface area contributed by atoms with Crippen molar-refractivity contribution in [1.82, 2.24) is 9.97 Å². The Hall–Kier alpha value is -0.780. The van der Waals surface area contributed by atoms with Gasteiger partial charge in [-0.2, -0.15) is 0 Å². The average Bonchev–Trinajstić information content (AvgIpc) is 2.00. The van der Waals surface area contributed by atoms with Crippen LogP contribution in [-0.2, 0) is 0 Å². The Labute approximate surface area is 81.9 Å². The molecule has 1 fully saturated rings. The van der Waals surface area contributed by atoms with Gasteiger partial charge < -0.3 is 4.90 Å². The van der Waals surface area contributed by atoms with Crippen molar-refractivity contribution in [1.29, 1.82) is 0 Å². The molecule has 0 saturated carbocycles. The van der Waals surface area contributed by atoms with E-state index in [-0.39, 0.29) is 13.1 Å². The summed E-state index contributed by atoms with van der Waals surface area (Å²) >= 11 is 3.12. The molecule has 2 rings (SSSR count). The monoisotopic (exact) mass is 249 g/mol. The highest BCUT2D eigenvalue weighted by molar-refractivity contribution is 9.10. The van der Waals surface area contributed by atoms with Crippen LogP contribution in [0.3, 0.4) is 0 Å². The van der Waals surface area contributed by atoms with Gasteiger partial charge in [-0.1, -0.05) is 0 Å². The smallest absolute Gasteiger partial charge is 0.282 e. The van der Waals surface area contributed by atoms with Crippen molar-refractivity contribution in [3.8, 4) is 0 Å². The van der Waals surface area contributed by atoms with Crippen molar-refractivity contribution in [2.24, 2.45) is 0 Å². The third-order valence-corrected chi connectivity index (χ3v) is 2.14. The van der Waals surface area contributed by atoms with Gasteiger partial charge in [-0.3, -0.25) is 4.98 Å². The second-order valence-corrected chi connectivity index (χ2v) is 3.72. The first kappa shape index (κ1) is 8.80. The van der Waals surface area contributed by atoms with Crippen molar-refractivity contribution in [2.45, 2.75) is 5.92 Å². The Balaban J connectivity index is 2.11. The zero-order valence-electron chi connectivity index (χ0n) is 6.54. The van der Waals surface area contributed by atoms with Gasteiger partial charge in [0, 0.05) is 0 Å². The molecule has 3 nitrogen and oxygen atoms in total. The molecule has 1 aromatic rings. The number of nitrogens with zero attached hydrogens (tertiary/aromatic N) is 3. The van der Waals surface area contributed by atoms with Crippen molar-refractivity contribution >= 4 is 21.7 Å². The zero-order chi connectivity index (χ0) is 9.47. The lowest BCUT2D eigenvalue weighted by Gasteiger charge is -2.39. The summed E-state index contributed by atoms with van der Waals surface area (Å²) in [4.78, 5) is 9.33. The van der Waals surface area contributed by atoms with Crippen molar-refractivity contribution < 1.29 is 8.78 Å². The van der Waals surface area contributed by atoms with E-state index in [0.29, 0.717) is 10.4 Å². The molecular formula is C7H6BrF2N3. The van der Waals surface area contributed by atoms with Gasteiger partial charge >= 0.3 is 0 Å². The van der Waals surface area contributed by atoms with E-state index in [9.17, 15) is 8.78 Å². The van der Waals surface area contributed by atoms with Crippen LogP contribution in [-0.4, -0.2) is 29.0 Å². The Morgan fingerprint density at radius 2 is 2.08 bits per heavy atom. The molecule has 0 N–H and O–H groups in total. The molecule has 0 aromatic carbocycles. The van der Waals surface area contributed by atoms with Gasteiger partial charge in [-0.15, -0.1) is 0 Å². The van der Waals surface area contributed by atoms with Gasteiger partial charge in [-0.25, -0.2) is 13.8 Å². The number of hydrogen-bond acceptors (Lipinski definition) is 3. The maximum atomic E-state index is 12.5. The Morgan fingerprint density at radius 3 is 2.62 bits per heavy atom. The minimum Gasteiger partial charge on any atom is -0.343 e. The normalized spacial score (nSPS) is 19.8. The van der Waals surface area contributed by atoms with Crippen LogP contribution >= 0.6 is 15.9 Å². The van der Waals surface area contributed by atoms with Gasteiger partial charge in [0.2, 0.25) is 0 Å². The molecule has 1 aromatic heterocycles. The minimum atomic E-state index is -2.57. The number of halogens is 3. The average molecular weight is 250 g/mol. The molecule has 6 heteroatoms. The molecule has 0 atom stereocenters. The van der Waals surface area contributed by atoms with Crippen LogP contribution < -0.4 is 4.90 Å². The van der Waals surface area contributed by atoms with Gasteiger partial charge in [0.25, 0.3) is 5.92 Å². The van der Waals surface area contributed by atoms with Crippen LogP contribution in [0.25, 0.3) is 0 Å². The van der Waals surface area contributed by atoms with Crippen LogP contribution in [0.1, 0.15) is 0 Å². The van der Waals surface area contributed by atoms with E-state index >= 15 is 0 Å². The molecule has 1 saturated heterocycles. The molecule has 0 unspecified atom stereocenters. The minimum absolute atomic E-state index is 0.266. The lowest BCUT2D eigenvalue weighted by Crippen LogP contribution is -2.56. The van der Waals surface area contributed by atoms with Gasteiger partial charge in [0.1, 0.15) is 10.4 Å². The summed E-state index contributed by atoms with van der Waals surface area (Å²) in [6.07, 6.45) is 2.99. The van der Waals surface area contributed by atoms with Crippen molar-refractivity contribution in [3.63, 3.8) is 0 Å². The molecule has 0 bridgehead atoms. The number of alkyl halides is 2. The summed E-state index contributed by atoms with van der Waals surface area (Å²) in [6, 6.07) is 0. The van der Waals surface area contributed by atoms with E-state index in [1.165, 1.54) is 17.3 Å². The zero-order valence-corrected chi connectivity index (χ0v) is 8.13. The summed E-state index contributed by atoms with van der Waals surface area (Å²) in [5.74, 6) is -2.08. The molecule has 2 heterocycles. The van der Waals surface area contributed by atoms with Gasteiger partial charge in [-0.05, 0) is 15.9 Å². The first-order valence-electron chi connectivity index (χ1n) is 3.67. The summed E-state index contributed by atoms with van der Waals surface area (Å²) in [6.45, 7) is -0.531. The fraction of sp³-hybridized carbons (Fsp3) is 0.429. The number of aromatic nitrogens is 2. The Morgan fingerprint density at radius 1 is 1.38 bits per heavy atom. The molecule has 70 valence electrons. The molecule has 0 amide bonds. The third kappa shape index (κ3) is 1.77. The van der Waals surface area contributed by atoms with E-state index in [4.69, 9.17) is 0 Å². The molecule has 1 aliphatic rings. The topological polar surface area (TPSA) is 29.0 Å². The van der Waals surface area contributed by atoms with Gasteiger partial charge in [0.15, 0.2) is 0 Å². The third-order valence-electron chi connectivity index (χ3n) is 1.76. The van der Waals surface area contributed by atoms with E-state index in [0.717, 1.165) is 0 Å². The second-order valence-electron chi connectivity index (χ2n) is 2.91. The second kappa shape index (κ2) is 2.87. The van der Waals surface area contributed by atoms with E-state index in [1.807, 2.05) is 0 Å². The van der Waals surface area contributed by atoms with Crippen molar-refractivity contribution in [2.75, 3.05) is 18.0 Å².